The average Bonchev–Trinajstić information content (AvgIpc) is 2.83. The van der Waals surface area contributed by atoms with Crippen LogP contribution in [-0.4, -0.2) is 6.03 Å². The Bertz CT molecular complexity index is 614. The maximum Gasteiger partial charge on any atom is 0.417 e. The van der Waals surface area contributed by atoms with Gasteiger partial charge >= 0.3 is 12.2 Å². The molecule has 3 nitrogen and oxygen atoms in total. The molecule has 106 valence electrons. The Balaban J connectivity index is 2.12. The van der Waals surface area contributed by atoms with E-state index < -0.39 is 22.8 Å². The third-order valence-electron chi connectivity index (χ3n) is 2.29. The second kappa shape index (κ2) is 5.72. The first kappa shape index (κ1) is 14.7. The summed E-state index contributed by atoms with van der Waals surface area (Å²) in [6, 6.07) is 5.97. The van der Waals surface area contributed by atoms with Gasteiger partial charge in [0, 0.05) is 5.69 Å². The number of carbonyl (C=O) groups excluding carboxylic acids is 1. The molecule has 8 heteroatoms. The molecule has 0 unspecified atom stereocenters. The molecule has 0 saturated heterocycles. The number of alkyl halides is 3. The quantitative estimate of drug-likeness (QED) is 0.797. The second-order valence-electron chi connectivity index (χ2n) is 3.75. The van der Waals surface area contributed by atoms with E-state index in [2.05, 4.69) is 10.6 Å². The number of benzene rings is 1. The zero-order valence-corrected chi connectivity index (χ0v) is 11.4. The third kappa shape index (κ3) is 3.64. The lowest BCUT2D eigenvalue weighted by atomic mass is 10.2. The van der Waals surface area contributed by atoms with Crippen molar-refractivity contribution in [1.29, 1.82) is 0 Å². The molecule has 1 aromatic carbocycles. The van der Waals surface area contributed by atoms with Gasteiger partial charge < -0.3 is 5.32 Å². The van der Waals surface area contributed by atoms with Crippen molar-refractivity contribution in [2.45, 2.75) is 6.18 Å². The van der Waals surface area contributed by atoms with Crippen LogP contribution >= 0.6 is 22.9 Å². The van der Waals surface area contributed by atoms with Crippen molar-refractivity contribution in [3.05, 3.63) is 46.3 Å². The number of anilines is 2. The van der Waals surface area contributed by atoms with Gasteiger partial charge in [-0.3, -0.25) is 5.32 Å². The highest BCUT2D eigenvalue weighted by Gasteiger charge is 2.33. The van der Waals surface area contributed by atoms with Crippen molar-refractivity contribution < 1.29 is 18.0 Å². The van der Waals surface area contributed by atoms with Crippen LogP contribution in [0.3, 0.4) is 0 Å². The van der Waals surface area contributed by atoms with E-state index >= 15 is 0 Å². The van der Waals surface area contributed by atoms with Crippen molar-refractivity contribution in [1.82, 2.24) is 0 Å². The van der Waals surface area contributed by atoms with Crippen LogP contribution < -0.4 is 10.6 Å². The molecule has 0 atom stereocenters. The van der Waals surface area contributed by atoms with Gasteiger partial charge in [-0.05, 0) is 35.7 Å². The molecule has 0 fully saturated rings. The van der Waals surface area contributed by atoms with Crippen molar-refractivity contribution in [3.63, 3.8) is 0 Å². The highest BCUT2D eigenvalue weighted by Crippen LogP contribution is 2.36. The van der Waals surface area contributed by atoms with Crippen LogP contribution in [0.5, 0.6) is 0 Å². The van der Waals surface area contributed by atoms with E-state index in [4.69, 9.17) is 11.6 Å². The van der Waals surface area contributed by atoms with Crippen LogP contribution in [0.15, 0.2) is 35.7 Å². The Hall–Kier alpha value is -1.73. The minimum atomic E-state index is -4.57. The second-order valence-corrected chi connectivity index (χ2v) is 5.10. The Morgan fingerprint density at radius 1 is 1.20 bits per heavy atom. The van der Waals surface area contributed by atoms with E-state index in [1.165, 1.54) is 17.4 Å². The normalized spacial score (nSPS) is 11.2. The van der Waals surface area contributed by atoms with Gasteiger partial charge in [0.15, 0.2) is 0 Å². The van der Waals surface area contributed by atoms with Crippen molar-refractivity contribution in [2.75, 3.05) is 10.6 Å². The zero-order chi connectivity index (χ0) is 14.8. The molecule has 0 bridgehead atoms. The molecule has 0 spiro atoms. The summed E-state index contributed by atoms with van der Waals surface area (Å²) in [4.78, 5) is 11.6. The predicted molar refractivity (Wildman–Crippen MR) is 73.4 cm³/mol. The van der Waals surface area contributed by atoms with E-state index in [1.54, 1.807) is 17.5 Å². The third-order valence-corrected chi connectivity index (χ3v) is 3.40. The lowest BCUT2D eigenvalue weighted by molar-refractivity contribution is -0.137. The summed E-state index contributed by atoms with van der Waals surface area (Å²) in [7, 11) is 0. The van der Waals surface area contributed by atoms with Gasteiger partial charge in [-0.1, -0.05) is 11.6 Å². The van der Waals surface area contributed by atoms with Crippen LogP contribution in [0.1, 0.15) is 5.56 Å². The van der Waals surface area contributed by atoms with E-state index in [-0.39, 0.29) is 5.69 Å². The Morgan fingerprint density at radius 3 is 2.55 bits per heavy atom. The fraction of sp³-hybridized carbons (Fsp3) is 0.0833. The smallest absolute Gasteiger partial charge is 0.308 e. The van der Waals surface area contributed by atoms with Crippen LogP contribution in [0.25, 0.3) is 0 Å². The van der Waals surface area contributed by atoms with E-state index in [1.807, 2.05) is 0 Å². The van der Waals surface area contributed by atoms with Crippen molar-refractivity contribution in [2.24, 2.45) is 0 Å². The van der Waals surface area contributed by atoms with Crippen LogP contribution in [0.4, 0.5) is 28.7 Å². The highest BCUT2D eigenvalue weighted by atomic mass is 35.5. The Kier molecular flexibility index (Phi) is 4.20. The van der Waals surface area contributed by atoms with Crippen molar-refractivity contribution in [3.8, 4) is 0 Å². The molecule has 0 saturated carbocycles. The molecule has 0 aliphatic heterocycles. The molecule has 1 aromatic heterocycles. The van der Waals surface area contributed by atoms with E-state index in [0.29, 0.717) is 5.00 Å². The fourth-order valence-electron chi connectivity index (χ4n) is 1.44. The standard InChI is InChI=1S/C12H8ClF3N2OS/c13-9-4-3-7(6-8(9)12(14,15)16)17-11(19)18-10-2-1-5-20-10/h1-6H,(H2,17,18,19). The van der Waals surface area contributed by atoms with Gasteiger partial charge in [0.1, 0.15) is 0 Å². The van der Waals surface area contributed by atoms with Crippen LogP contribution in [0, 0.1) is 0 Å². The highest BCUT2D eigenvalue weighted by molar-refractivity contribution is 7.14. The maximum absolute atomic E-state index is 12.7. The van der Waals surface area contributed by atoms with Gasteiger partial charge in [0.2, 0.25) is 0 Å². The number of carbonyl (C=O) groups is 1. The van der Waals surface area contributed by atoms with Crippen LogP contribution in [0.2, 0.25) is 5.02 Å². The molecule has 0 aliphatic rings. The molecule has 2 N–H and O–H groups in total. The number of nitrogens with one attached hydrogen (secondary N) is 2. The molecule has 2 rings (SSSR count). The minimum absolute atomic E-state index is 0.00998. The molecule has 0 aliphatic carbocycles. The van der Waals surface area contributed by atoms with E-state index in [9.17, 15) is 18.0 Å². The summed E-state index contributed by atoms with van der Waals surface area (Å²) in [5.74, 6) is 0. The maximum atomic E-state index is 12.7. The molecular formula is C12H8ClF3N2OS. The van der Waals surface area contributed by atoms with Crippen molar-refractivity contribution >= 4 is 39.7 Å². The Morgan fingerprint density at radius 2 is 1.95 bits per heavy atom. The summed E-state index contributed by atoms with van der Waals surface area (Å²) >= 11 is 6.78. The predicted octanol–water partition coefficient (Wildman–Crippen LogP) is 5.06. The van der Waals surface area contributed by atoms with Gasteiger partial charge in [0.05, 0.1) is 15.6 Å². The average molecular weight is 321 g/mol. The molecular weight excluding hydrogens is 313 g/mol. The molecule has 2 amide bonds. The van der Waals surface area contributed by atoms with Gasteiger partial charge in [-0.25, -0.2) is 4.79 Å². The number of urea groups is 1. The lowest BCUT2D eigenvalue weighted by Crippen LogP contribution is -2.19. The first-order valence-corrected chi connectivity index (χ1v) is 6.60. The lowest BCUT2D eigenvalue weighted by Gasteiger charge is -2.11. The molecule has 20 heavy (non-hydrogen) atoms. The SMILES string of the molecule is O=C(Nc1ccc(Cl)c(C(F)(F)F)c1)Nc1cccs1. The van der Waals surface area contributed by atoms with Crippen LogP contribution in [-0.2, 0) is 6.18 Å². The number of amides is 2. The monoisotopic (exact) mass is 320 g/mol. The summed E-state index contributed by atoms with van der Waals surface area (Å²) in [5.41, 5.74) is -0.983. The first-order valence-electron chi connectivity index (χ1n) is 5.34. The molecule has 1 heterocycles. The first-order chi connectivity index (χ1) is 9.36. The summed E-state index contributed by atoms with van der Waals surface area (Å²) in [5, 5.41) is 6.75. The van der Waals surface area contributed by atoms with Gasteiger partial charge in [-0.2, -0.15) is 13.2 Å². The molecule has 2 aromatic rings. The summed E-state index contributed by atoms with van der Waals surface area (Å²) < 4.78 is 38.0. The zero-order valence-electron chi connectivity index (χ0n) is 9.79. The van der Waals surface area contributed by atoms with E-state index in [0.717, 1.165) is 12.1 Å². The number of rotatable bonds is 2. The molecule has 0 radical (unpaired) electrons. The number of thiophene rings is 1. The minimum Gasteiger partial charge on any atom is -0.308 e. The fourth-order valence-corrected chi connectivity index (χ4v) is 2.28. The summed E-state index contributed by atoms with van der Waals surface area (Å²) in [6.45, 7) is 0. The van der Waals surface area contributed by atoms with Gasteiger partial charge in [0.25, 0.3) is 0 Å². The largest absolute Gasteiger partial charge is 0.417 e. The number of hydrogen-bond donors (Lipinski definition) is 2. The summed E-state index contributed by atoms with van der Waals surface area (Å²) in [6.07, 6.45) is -4.57. The van der Waals surface area contributed by atoms with Gasteiger partial charge in [-0.15, -0.1) is 11.3 Å². The number of hydrogen-bond acceptors (Lipinski definition) is 2. The Labute approximate surface area is 121 Å². The topological polar surface area (TPSA) is 41.1 Å². The number of halogens is 4.